The maximum Gasteiger partial charge on any atom is 0.295 e. The zero-order chi connectivity index (χ0) is 18.6. The van der Waals surface area contributed by atoms with Gasteiger partial charge in [-0.2, -0.15) is 8.42 Å². The van der Waals surface area contributed by atoms with Gasteiger partial charge in [0.25, 0.3) is 15.8 Å². The molecule has 0 atom stereocenters. The van der Waals surface area contributed by atoms with E-state index in [1.165, 1.54) is 19.1 Å². The van der Waals surface area contributed by atoms with Gasteiger partial charge in [0.05, 0.1) is 4.92 Å². The summed E-state index contributed by atoms with van der Waals surface area (Å²) < 4.78 is 32.2. The number of nitro benzene ring substituents is 1. The topological polar surface area (TPSA) is 127 Å². The van der Waals surface area contributed by atoms with Gasteiger partial charge in [-0.3, -0.25) is 19.5 Å². The number of non-ortho nitro benzene ring substituents is 1. The van der Waals surface area contributed by atoms with Crippen LogP contribution in [-0.4, -0.2) is 23.8 Å². The lowest BCUT2D eigenvalue weighted by molar-refractivity contribution is -0.385. The monoisotopic (exact) mass is 362 g/mol. The number of nitrogens with zero attached hydrogens (tertiary/aromatic N) is 1. The molecule has 0 heterocycles. The standard InChI is InChI=1S/C16H14N2O6S/c1-11(19)17-14-7-3-12(4-8-14)2-5-13-6-9-15(18(20)21)10-16(13)25(22,23)24/h2-10H,1H3,(H,17,19)(H,22,23,24). The smallest absolute Gasteiger partial charge is 0.295 e. The molecule has 2 aromatic carbocycles. The number of nitrogens with one attached hydrogen (secondary N) is 1. The van der Waals surface area contributed by atoms with Gasteiger partial charge in [0, 0.05) is 24.7 Å². The second-order valence-corrected chi connectivity index (χ2v) is 6.48. The van der Waals surface area contributed by atoms with Crippen molar-refractivity contribution in [2.75, 3.05) is 5.32 Å². The van der Waals surface area contributed by atoms with Gasteiger partial charge in [0.15, 0.2) is 0 Å². The first-order valence-corrected chi connectivity index (χ1v) is 8.42. The molecule has 0 bridgehead atoms. The minimum atomic E-state index is -4.62. The molecular weight excluding hydrogens is 348 g/mol. The summed E-state index contributed by atoms with van der Waals surface area (Å²) in [6.45, 7) is 1.39. The van der Waals surface area contributed by atoms with Gasteiger partial charge >= 0.3 is 0 Å². The van der Waals surface area contributed by atoms with Crippen LogP contribution in [0.25, 0.3) is 12.2 Å². The Morgan fingerprint density at radius 3 is 2.32 bits per heavy atom. The fraction of sp³-hybridized carbons (Fsp3) is 0.0625. The van der Waals surface area contributed by atoms with Gasteiger partial charge < -0.3 is 5.32 Å². The number of carbonyl (C=O) groups excluding carboxylic acids is 1. The molecule has 0 saturated carbocycles. The van der Waals surface area contributed by atoms with Crippen LogP contribution >= 0.6 is 0 Å². The normalized spacial score (nSPS) is 11.4. The van der Waals surface area contributed by atoms with Crippen LogP contribution in [0.1, 0.15) is 18.1 Å². The average molecular weight is 362 g/mol. The summed E-state index contributed by atoms with van der Waals surface area (Å²) in [6.07, 6.45) is 2.99. The van der Waals surface area contributed by atoms with Crippen molar-refractivity contribution in [3.63, 3.8) is 0 Å². The minimum Gasteiger partial charge on any atom is -0.326 e. The Morgan fingerprint density at radius 1 is 1.16 bits per heavy atom. The third-order valence-electron chi connectivity index (χ3n) is 3.17. The second kappa shape index (κ2) is 7.24. The summed E-state index contributed by atoms with van der Waals surface area (Å²) in [5.74, 6) is -0.202. The van der Waals surface area contributed by atoms with E-state index in [0.717, 1.165) is 12.1 Å². The van der Waals surface area contributed by atoms with E-state index >= 15 is 0 Å². The van der Waals surface area contributed by atoms with Crippen molar-refractivity contribution in [1.29, 1.82) is 0 Å². The number of anilines is 1. The van der Waals surface area contributed by atoms with Crippen molar-refractivity contribution in [2.24, 2.45) is 0 Å². The zero-order valence-electron chi connectivity index (χ0n) is 13.0. The van der Waals surface area contributed by atoms with Crippen molar-refractivity contribution in [1.82, 2.24) is 0 Å². The van der Waals surface area contributed by atoms with Crippen LogP contribution in [0.4, 0.5) is 11.4 Å². The molecule has 2 aromatic rings. The van der Waals surface area contributed by atoms with E-state index in [1.807, 2.05) is 0 Å². The van der Waals surface area contributed by atoms with Crippen LogP contribution in [0, 0.1) is 10.1 Å². The molecule has 0 aliphatic rings. The Labute approximate surface area is 143 Å². The first-order valence-electron chi connectivity index (χ1n) is 6.98. The number of hydrogen-bond acceptors (Lipinski definition) is 5. The first kappa shape index (κ1) is 18.3. The Hall–Kier alpha value is -3.04. The van der Waals surface area contributed by atoms with Gasteiger partial charge in [-0.05, 0) is 29.3 Å². The molecule has 25 heavy (non-hydrogen) atoms. The zero-order valence-corrected chi connectivity index (χ0v) is 13.9. The first-order chi connectivity index (χ1) is 11.7. The molecule has 0 fully saturated rings. The maximum absolute atomic E-state index is 11.4. The summed E-state index contributed by atoms with van der Waals surface area (Å²) in [5, 5.41) is 13.4. The summed E-state index contributed by atoms with van der Waals surface area (Å²) >= 11 is 0. The largest absolute Gasteiger partial charge is 0.326 e. The van der Waals surface area contributed by atoms with Crippen LogP contribution in [0.3, 0.4) is 0 Å². The summed E-state index contributed by atoms with van der Waals surface area (Å²) in [6, 6.07) is 9.91. The van der Waals surface area contributed by atoms with E-state index in [-0.39, 0.29) is 11.5 Å². The van der Waals surface area contributed by atoms with Crippen LogP contribution < -0.4 is 5.32 Å². The molecule has 0 aliphatic carbocycles. The van der Waals surface area contributed by atoms with Gasteiger partial charge in [-0.25, -0.2) is 0 Å². The predicted molar refractivity (Wildman–Crippen MR) is 92.6 cm³/mol. The highest BCUT2D eigenvalue weighted by molar-refractivity contribution is 7.86. The quantitative estimate of drug-likeness (QED) is 0.364. The Balaban J connectivity index is 2.34. The summed E-state index contributed by atoms with van der Waals surface area (Å²) in [5.41, 5.74) is 0.982. The molecule has 1 amide bonds. The number of nitro groups is 1. The number of benzene rings is 2. The van der Waals surface area contributed by atoms with Crippen molar-refractivity contribution < 1.29 is 22.7 Å². The van der Waals surface area contributed by atoms with E-state index in [2.05, 4.69) is 5.32 Å². The molecule has 2 rings (SSSR count). The Kier molecular flexibility index (Phi) is 5.30. The van der Waals surface area contributed by atoms with Crippen LogP contribution in [0.5, 0.6) is 0 Å². The number of hydrogen-bond donors (Lipinski definition) is 2. The van der Waals surface area contributed by atoms with Gasteiger partial charge in [-0.15, -0.1) is 0 Å². The molecule has 130 valence electrons. The number of rotatable bonds is 5. The lowest BCUT2D eigenvalue weighted by atomic mass is 10.1. The number of amides is 1. The van der Waals surface area contributed by atoms with Crippen molar-refractivity contribution >= 4 is 39.6 Å². The molecule has 8 nitrogen and oxygen atoms in total. The lowest BCUT2D eigenvalue weighted by Crippen LogP contribution is -2.05. The van der Waals surface area contributed by atoms with Crippen molar-refractivity contribution in [3.8, 4) is 0 Å². The highest BCUT2D eigenvalue weighted by atomic mass is 32.2. The van der Waals surface area contributed by atoms with Crippen LogP contribution in [0.15, 0.2) is 47.4 Å². The van der Waals surface area contributed by atoms with E-state index in [9.17, 15) is 27.9 Å². The molecule has 0 unspecified atom stereocenters. The molecular formula is C16H14N2O6S. The van der Waals surface area contributed by atoms with E-state index in [0.29, 0.717) is 11.3 Å². The Morgan fingerprint density at radius 2 is 1.80 bits per heavy atom. The summed E-state index contributed by atoms with van der Waals surface area (Å²) in [7, 11) is -4.62. The van der Waals surface area contributed by atoms with E-state index < -0.39 is 25.6 Å². The molecule has 2 N–H and O–H groups in total. The Bertz CT molecular complexity index is 949. The van der Waals surface area contributed by atoms with E-state index in [1.54, 1.807) is 30.3 Å². The highest BCUT2D eigenvalue weighted by Gasteiger charge is 2.18. The maximum atomic E-state index is 11.4. The second-order valence-electron chi connectivity index (χ2n) is 5.09. The SMILES string of the molecule is CC(=O)Nc1ccc(C=Cc2ccc([N+](=O)[O-])cc2S(=O)(=O)O)cc1. The number of carbonyl (C=O) groups is 1. The van der Waals surface area contributed by atoms with Crippen molar-refractivity contribution in [3.05, 3.63) is 63.7 Å². The third-order valence-corrected chi connectivity index (χ3v) is 4.08. The lowest BCUT2D eigenvalue weighted by Gasteiger charge is -2.04. The highest BCUT2D eigenvalue weighted by Crippen LogP contribution is 2.24. The molecule has 0 radical (unpaired) electrons. The fourth-order valence-electron chi connectivity index (χ4n) is 2.06. The van der Waals surface area contributed by atoms with Gasteiger partial charge in [0.2, 0.25) is 5.91 Å². The van der Waals surface area contributed by atoms with Crippen molar-refractivity contribution in [2.45, 2.75) is 11.8 Å². The minimum absolute atomic E-state index is 0.110. The van der Waals surface area contributed by atoms with Crippen LogP contribution in [-0.2, 0) is 14.9 Å². The summed E-state index contributed by atoms with van der Waals surface area (Å²) in [4.78, 5) is 20.4. The molecule has 0 spiro atoms. The molecule has 0 saturated heterocycles. The fourth-order valence-corrected chi connectivity index (χ4v) is 2.77. The average Bonchev–Trinajstić information content (AvgIpc) is 2.52. The molecule has 0 aliphatic heterocycles. The van der Waals surface area contributed by atoms with Gasteiger partial charge in [0.1, 0.15) is 4.90 Å². The predicted octanol–water partition coefficient (Wildman–Crippen LogP) is 2.97. The van der Waals surface area contributed by atoms with Crippen LogP contribution in [0.2, 0.25) is 0 Å². The van der Waals surface area contributed by atoms with Gasteiger partial charge in [-0.1, -0.05) is 24.3 Å². The van der Waals surface area contributed by atoms with E-state index in [4.69, 9.17) is 0 Å². The molecule has 9 heteroatoms. The third kappa shape index (κ3) is 4.96. The molecule has 0 aromatic heterocycles.